The molecular weight excluding hydrogens is 388 g/mol. The quantitative estimate of drug-likeness (QED) is 0.417. The van der Waals surface area contributed by atoms with Crippen LogP contribution in [-0.2, 0) is 16.7 Å². The second-order valence-corrected chi connectivity index (χ2v) is 8.44. The lowest BCUT2D eigenvalue weighted by atomic mass is 9.95. The Hall–Kier alpha value is -3.12. The van der Waals surface area contributed by atoms with Gasteiger partial charge in [-0.3, -0.25) is 4.79 Å². The molecule has 0 spiro atoms. The first-order chi connectivity index (χ1) is 13.8. The van der Waals surface area contributed by atoms with Crippen LogP contribution in [0, 0.1) is 13.8 Å². The summed E-state index contributed by atoms with van der Waals surface area (Å²) in [6, 6.07) is 18.5. The molecule has 0 amide bonds. The summed E-state index contributed by atoms with van der Waals surface area (Å²) in [4.78, 5) is 11.2. The molecule has 0 bridgehead atoms. The SMILES string of the molecule is Cc1cc(-c2ccc(OCc3ccccc3)c(OS(C)(=O)=O)c2)c(C)cc1C=O. The number of carbonyl (C=O) groups excluding carboxylic acids is 1. The molecule has 0 atom stereocenters. The van der Waals surface area contributed by atoms with E-state index in [0.717, 1.165) is 40.4 Å². The minimum atomic E-state index is -3.74. The van der Waals surface area contributed by atoms with Crippen LogP contribution < -0.4 is 8.92 Å². The Morgan fingerprint density at radius 3 is 2.28 bits per heavy atom. The van der Waals surface area contributed by atoms with Gasteiger partial charge in [0.25, 0.3) is 0 Å². The molecule has 0 fully saturated rings. The highest BCUT2D eigenvalue weighted by atomic mass is 32.2. The molecular formula is C23H22O5S. The maximum absolute atomic E-state index is 11.8. The van der Waals surface area contributed by atoms with Gasteiger partial charge in [-0.25, -0.2) is 0 Å². The number of carbonyl (C=O) groups is 1. The van der Waals surface area contributed by atoms with Gasteiger partial charge < -0.3 is 8.92 Å². The van der Waals surface area contributed by atoms with E-state index in [1.54, 1.807) is 12.1 Å². The zero-order chi connectivity index (χ0) is 21.0. The summed E-state index contributed by atoms with van der Waals surface area (Å²) in [5.41, 5.74) is 4.99. The van der Waals surface area contributed by atoms with Crippen molar-refractivity contribution in [3.63, 3.8) is 0 Å². The summed E-state index contributed by atoms with van der Waals surface area (Å²) in [6.07, 6.45) is 1.82. The van der Waals surface area contributed by atoms with Gasteiger partial charge in [0.15, 0.2) is 11.5 Å². The largest absolute Gasteiger partial charge is 0.485 e. The molecule has 3 aromatic carbocycles. The summed E-state index contributed by atoms with van der Waals surface area (Å²) < 4.78 is 34.5. The minimum Gasteiger partial charge on any atom is -0.485 e. The number of aldehydes is 1. The molecule has 0 saturated carbocycles. The predicted molar refractivity (Wildman–Crippen MR) is 113 cm³/mol. The average molecular weight is 410 g/mol. The Morgan fingerprint density at radius 2 is 1.62 bits per heavy atom. The van der Waals surface area contributed by atoms with E-state index < -0.39 is 10.1 Å². The Labute approximate surface area is 171 Å². The van der Waals surface area contributed by atoms with Crippen molar-refractivity contribution in [3.8, 4) is 22.6 Å². The number of hydrogen-bond donors (Lipinski definition) is 0. The second kappa shape index (κ2) is 8.49. The van der Waals surface area contributed by atoms with Gasteiger partial charge in [0.2, 0.25) is 0 Å². The molecule has 6 heteroatoms. The van der Waals surface area contributed by atoms with E-state index in [-0.39, 0.29) is 12.4 Å². The maximum Gasteiger partial charge on any atom is 0.306 e. The fourth-order valence-corrected chi connectivity index (χ4v) is 3.49. The zero-order valence-electron chi connectivity index (χ0n) is 16.5. The van der Waals surface area contributed by atoms with Gasteiger partial charge in [-0.1, -0.05) is 42.5 Å². The van der Waals surface area contributed by atoms with Crippen LogP contribution in [0.2, 0.25) is 0 Å². The van der Waals surface area contributed by atoms with E-state index >= 15 is 0 Å². The lowest BCUT2D eigenvalue weighted by molar-refractivity contribution is 0.112. The summed E-state index contributed by atoms with van der Waals surface area (Å²) in [7, 11) is -3.74. The van der Waals surface area contributed by atoms with E-state index in [2.05, 4.69) is 0 Å². The van der Waals surface area contributed by atoms with Crippen LogP contribution in [0.25, 0.3) is 11.1 Å². The predicted octanol–water partition coefficient (Wildman–Crippen LogP) is 4.70. The first-order valence-corrected chi connectivity index (χ1v) is 10.9. The Balaban J connectivity index is 1.99. The number of hydrogen-bond acceptors (Lipinski definition) is 5. The first-order valence-electron chi connectivity index (χ1n) is 9.04. The molecule has 0 N–H and O–H groups in total. The van der Waals surface area contributed by atoms with Gasteiger partial charge in [0.1, 0.15) is 12.9 Å². The molecule has 3 aromatic rings. The van der Waals surface area contributed by atoms with E-state index in [1.165, 1.54) is 0 Å². The van der Waals surface area contributed by atoms with Crippen molar-refractivity contribution in [1.29, 1.82) is 0 Å². The average Bonchev–Trinajstić information content (AvgIpc) is 2.68. The van der Waals surface area contributed by atoms with E-state index in [1.807, 2.05) is 62.4 Å². The van der Waals surface area contributed by atoms with Crippen LogP contribution in [0.15, 0.2) is 60.7 Å². The van der Waals surface area contributed by atoms with Gasteiger partial charge in [0, 0.05) is 5.56 Å². The molecule has 0 aliphatic carbocycles. The van der Waals surface area contributed by atoms with Crippen LogP contribution in [0.5, 0.6) is 11.5 Å². The molecule has 0 aliphatic heterocycles. The maximum atomic E-state index is 11.8. The van der Waals surface area contributed by atoms with Crippen molar-refractivity contribution in [2.75, 3.05) is 6.26 Å². The molecule has 0 aliphatic rings. The molecule has 150 valence electrons. The minimum absolute atomic E-state index is 0.123. The molecule has 29 heavy (non-hydrogen) atoms. The normalized spacial score (nSPS) is 11.1. The van der Waals surface area contributed by atoms with Gasteiger partial charge in [-0.15, -0.1) is 0 Å². The Kier molecular flexibility index (Phi) is 6.03. The van der Waals surface area contributed by atoms with Crippen LogP contribution in [-0.4, -0.2) is 21.0 Å². The topological polar surface area (TPSA) is 69.7 Å². The molecule has 0 aromatic heterocycles. The summed E-state index contributed by atoms with van der Waals surface area (Å²) >= 11 is 0. The van der Waals surface area contributed by atoms with Crippen LogP contribution >= 0.6 is 0 Å². The summed E-state index contributed by atoms with van der Waals surface area (Å²) in [5, 5.41) is 0. The monoisotopic (exact) mass is 410 g/mol. The molecule has 3 rings (SSSR count). The third-order valence-corrected chi connectivity index (χ3v) is 4.96. The van der Waals surface area contributed by atoms with Crippen LogP contribution in [0.4, 0.5) is 0 Å². The molecule has 0 saturated heterocycles. The molecule has 0 radical (unpaired) electrons. The highest BCUT2D eigenvalue weighted by molar-refractivity contribution is 7.86. The van der Waals surface area contributed by atoms with Crippen molar-refractivity contribution in [2.45, 2.75) is 20.5 Å². The smallest absolute Gasteiger partial charge is 0.306 e. The van der Waals surface area contributed by atoms with Crippen molar-refractivity contribution in [2.24, 2.45) is 0 Å². The van der Waals surface area contributed by atoms with Gasteiger partial charge in [-0.05, 0) is 59.9 Å². The standard InChI is InChI=1S/C23H22O5S/c1-16-12-21(17(2)11-20(16)14-24)19-9-10-22(23(13-19)28-29(3,25)26)27-15-18-7-5-4-6-8-18/h4-14H,15H2,1-3H3. The van der Waals surface area contributed by atoms with E-state index in [9.17, 15) is 13.2 Å². The fourth-order valence-electron chi connectivity index (χ4n) is 3.03. The number of rotatable bonds is 7. The van der Waals surface area contributed by atoms with E-state index in [0.29, 0.717) is 11.3 Å². The number of ether oxygens (including phenoxy) is 1. The van der Waals surface area contributed by atoms with Crippen LogP contribution in [0.1, 0.15) is 27.0 Å². The first kappa shape index (κ1) is 20.6. The highest BCUT2D eigenvalue weighted by Gasteiger charge is 2.15. The van der Waals surface area contributed by atoms with Crippen molar-refractivity contribution >= 4 is 16.4 Å². The molecule has 5 nitrogen and oxygen atoms in total. The van der Waals surface area contributed by atoms with Gasteiger partial charge >= 0.3 is 10.1 Å². The Morgan fingerprint density at radius 1 is 0.897 bits per heavy atom. The lowest BCUT2D eigenvalue weighted by Gasteiger charge is -2.15. The van der Waals surface area contributed by atoms with Crippen molar-refractivity contribution in [3.05, 3.63) is 82.9 Å². The molecule has 0 heterocycles. The zero-order valence-corrected chi connectivity index (χ0v) is 17.3. The van der Waals surface area contributed by atoms with Crippen molar-refractivity contribution in [1.82, 2.24) is 0 Å². The number of benzene rings is 3. The third-order valence-electron chi connectivity index (χ3n) is 4.47. The Bertz CT molecular complexity index is 1140. The lowest BCUT2D eigenvalue weighted by Crippen LogP contribution is -2.08. The molecule has 0 unspecified atom stereocenters. The van der Waals surface area contributed by atoms with Crippen LogP contribution in [0.3, 0.4) is 0 Å². The summed E-state index contributed by atoms with van der Waals surface area (Å²) in [5.74, 6) is 0.458. The summed E-state index contributed by atoms with van der Waals surface area (Å²) in [6.45, 7) is 4.04. The second-order valence-electron chi connectivity index (χ2n) is 6.86. The van der Waals surface area contributed by atoms with Gasteiger partial charge in [-0.2, -0.15) is 8.42 Å². The third kappa shape index (κ3) is 5.23. The van der Waals surface area contributed by atoms with Crippen molar-refractivity contribution < 1.29 is 22.1 Å². The fraction of sp³-hybridized carbons (Fsp3) is 0.174. The van der Waals surface area contributed by atoms with E-state index in [4.69, 9.17) is 8.92 Å². The van der Waals surface area contributed by atoms with Gasteiger partial charge in [0.05, 0.1) is 6.26 Å². The number of aryl methyl sites for hydroxylation is 2. The highest BCUT2D eigenvalue weighted by Crippen LogP contribution is 2.36.